The maximum Gasteiger partial charge on any atom is 0.228 e. The molecule has 0 aliphatic carbocycles. The van der Waals surface area contributed by atoms with Gasteiger partial charge in [0, 0.05) is 14.6 Å². The molecule has 2 aromatic carbocycles. The van der Waals surface area contributed by atoms with E-state index in [0.717, 1.165) is 31.3 Å². The van der Waals surface area contributed by atoms with Crippen molar-refractivity contribution < 1.29 is 9.90 Å². The minimum Gasteiger partial charge on any atom is -0.384 e. The molecular formula is C15H11Br2NO2. The zero-order valence-corrected chi connectivity index (χ0v) is 13.5. The summed E-state index contributed by atoms with van der Waals surface area (Å²) in [6, 6.07) is 11.2. The number of fused-ring (bicyclic) bond motifs is 1. The second-order valence-electron chi connectivity index (χ2n) is 4.71. The first-order chi connectivity index (χ1) is 9.54. The van der Waals surface area contributed by atoms with Gasteiger partial charge in [-0.25, -0.2) is 0 Å². The molecule has 1 amide bonds. The van der Waals surface area contributed by atoms with E-state index in [4.69, 9.17) is 0 Å². The summed E-state index contributed by atoms with van der Waals surface area (Å²) in [4.78, 5) is 11.4. The van der Waals surface area contributed by atoms with Gasteiger partial charge >= 0.3 is 0 Å². The molecule has 5 heteroatoms. The van der Waals surface area contributed by atoms with Crippen LogP contribution in [-0.2, 0) is 11.2 Å². The van der Waals surface area contributed by atoms with E-state index in [2.05, 4.69) is 37.2 Å². The van der Waals surface area contributed by atoms with Gasteiger partial charge in [0.2, 0.25) is 5.91 Å². The number of aliphatic hydroxyl groups excluding tert-OH is 1. The molecule has 1 unspecified atom stereocenters. The number of carbonyl (C=O) groups is 1. The van der Waals surface area contributed by atoms with Crippen LogP contribution < -0.4 is 5.32 Å². The molecule has 0 spiro atoms. The number of carbonyl (C=O) groups excluding carboxylic acids is 1. The largest absolute Gasteiger partial charge is 0.384 e. The second-order valence-corrected chi connectivity index (χ2v) is 6.48. The van der Waals surface area contributed by atoms with Gasteiger partial charge in [0.05, 0.1) is 6.42 Å². The lowest BCUT2D eigenvalue weighted by atomic mass is 9.99. The molecule has 1 aliphatic rings. The molecule has 0 saturated carbocycles. The Morgan fingerprint density at radius 2 is 1.95 bits per heavy atom. The van der Waals surface area contributed by atoms with Crippen LogP contribution in [0.25, 0.3) is 0 Å². The van der Waals surface area contributed by atoms with Gasteiger partial charge in [0.25, 0.3) is 0 Å². The van der Waals surface area contributed by atoms with E-state index in [1.54, 1.807) is 0 Å². The van der Waals surface area contributed by atoms with E-state index in [1.807, 2.05) is 36.4 Å². The summed E-state index contributed by atoms with van der Waals surface area (Å²) in [5, 5.41) is 13.3. The number of hydrogen-bond donors (Lipinski definition) is 2. The van der Waals surface area contributed by atoms with Crippen LogP contribution in [0, 0.1) is 0 Å². The van der Waals surface area contributed by atoms with Crippen LogP contribution in [0.1, 0.15) is 22.8 Å². The Morgan fingerprint density at radius 3 is 2.70 bits per heavy atom. The van der Waals surface area contributed by atoms with Crippen molar-refractivity contribution in [3.63, 3.8) is 0 Å². The number of anilines is 1. The summed E-state index contributed by atoms with van der Waals surface area (Å²) in [6.45, 7) is 0. The van der Waals surface area contributed by atoms with Crippen molar-refractivity contribution in [1.82, 2.24) is 0 Å². The highest BCUT2D eigenvalue weighted by molar-refractivity contribution is 9.11. The number of nitrogens with one attached hydrogen (secondary N) is 1. The Kier molecular flexibility index (Phi) is 3.67. The average Bonchev–Trinajstić information content (AvgIpc) is 2.77. The van der Waals surface area contributed by atoms with Crippen LogP contribution >= 0.6 is 31.9 Å². The standard InChI is InChI=1S/C15H11Br2NO2/c16-10-2-3-11(12(17)7-10)15(20)8-1-4-13-9(5-8)6-14(19)18-13/h1-5,7,15,20H,6H2,(H,18,19). The van der Waals surface area contributed by atoms with Gasteiger partial charge in [0.15, 0.2) is 0 Å². The number of benzene rings is 2. The van der Waals surface area contributed by atoms with E-state index >= 15 is 0 Å². The SMILES string of the molecule is O=C1Cc2cc(C(O)c3ccc(Br)cc3Br)ccc2N1. The first-order valence-electron chi connectivity index (χ1n) is 6.10. The maximum absolute atomic E-state index is 11.4. The predicted octanol–water partition coefficient (Wildman–Crippen LogP) is 3.79. The van der Waals surface area contributed by atoms with E-state index in [-0.39, 0.29) is 5.91 Å². The summed E-state index contributed by atoms with van der Waals surface area (Å²) >= 11 is 6.85. The molecule has 0 bridgehead atoms. The van der Waals surface area contributed by atoms with Crippen molar-refractivity contribution in [2.75, 3.05) is 5.32 Å². The molecule has 102 valence electrons. The highest BCUT2D eigenvalue weighted by atomic mass is 79.9. The molecule has 1 atom stereocenters. The van der Waals surface area contributed by atoms with Crippen LogP contribution in [0.15, 0.2) is 45.3 Å². The quantitative estimate of drug-likeness (QED) is 0.811. The number of amides is 1. The normalized spacial score (nSPS) is 14.8. The van der Waals surface area contributed by atoms with E-state index in [1.165, 1.54) is 0 Å². The number of hydrogen-bond acceptors (Lipinski definition) is 2. The summed E-state index contributed by atoms with van der Waals surface area (Å²) < 4.78 is 1.79. The summed E-state index contributed by atoms with van der Waals surface area (Å²) in [7, 11) is 0. The Hall–Kier alpha value is -1.17. The molecule has 0 saturated heterocycles. The van der Waals surface area contributed by atoms with Gasteiger partial charge < -0.3 is 10.4 Å². The van der Waals surface area contributed by atoms with Crippen LogP contribution in [0.2, 0.25) is 0 Å². The Balaban J connectivity index is 1.97. The zero-order valence-electron chi connectivity index (χ0n) is 10.4. The molecule has 0 aromatic heterocycles. The molecular weight excluding hydrogens is 386 g/mol. The van der Waals surface area contributed by atoms with Gasteiger partial charge in [-0.15, -0.1) is 0 Å². The topological polar surface area (TPSA) is 49.3 Å². The predicted molar refractivity (Wildman–Crippen MR) is 84.7 cm³/mol. The zero-order chi connectivity index (χ0) is 14.3. The Bertz CT molecular complexity index is 700. The van der Waals surface area contributed by atoms with Crippen LogP contribution in [0.4, 0.5) is 5.69 Å². The van der Waals surface area contributed by atoms with Crippen molar-refractivity contribution >= 4 is 43.5 Å². The molecule has 3 nitrogen and oxygen atoms in total. The number of rotatable bonds is 2. The second kappa shape index (κ2) is 5.31. The highest BCUT2D eigenvalue weighted by Crippen LogP contribution is 2.33. The molecule has 20 heavy (non-hydrogen) atoms. The van der Waals surface area contributed by atoms with E-state index < -0.39 is 6.10 Å². The van der Waals surface area contributed by atoms with Crippen LogP contribution in [0.3, 0.4) is 0 Å². The monoisotopic (exact) mass is 395 g/mol. The third kappa shape index (κ3) is 2.53. The van der Waals surface area contributed by atoms with Gasteiger partial charge in [-0.2, -0.15) is 0 Å². The number of halogens is 2. The summed E-state index contributed by atoms with van der Waals surface area (Å²) in [6.07, 6.45) is -0.351. The first kappa shape index (κ1) is 13.8. The maximum atomic E-state index is 11.4. The van der Waals surface area contributed by atoms with Gasteiger partial charge in [-0.3, -0.25) is 4.79 Å². The lowest BCUT2D eigenvalue weighted by Gasteiger charge is -2.14. The van der Waals surface area contributed by atoms with E-state index in [9.17, 15) is 9.90 Å². The molecule has 0 fully saturated rings. The fourth-order valence-corrected chi connectivity index (χ4v) is 3.59. The molecule has 2 aromatic rings. The van der Waals surface area contributed by atoms with Crippen molar-refractivity contribution in [3.8, 4) is 0 Å². The highest BCUT2D eigenvalue weighted by Gasteiger charge is 2.20. The Morgan fingerprint density at radius 1 is 1.15 bits per heavy atom. The summed E-state index contributed by atoms with van der Waals surface area (Å²) in [5.41, 5.74) is 3.34. The minimum absolute atomic E-state index is 0.00328. The molecule has 1 heterocycles. The van der Waals surface area contributed by atoms with Crippen molar-refractivity contribution in [3.05, 3.63) is 62.0 Å². The average molecular weight is 397 g/mol. The lowest BCUT2D eigenvalue weighted by Crippen LogP contribution is -2.03. The van der Waals surface area contributed by atoms with Gasteiger partial charge in [0.1, 0.15) is 6.10 Å². The van der Waals surface area contributed by atoms with Crippen molar-refractivity contribution in [2.45, 2.75) is 12.5 Å². The van der Waals surface area contributed by atoms with Crippen molar-refractivity contribution in [2.24, 2.45) is 0 Å². The molecule has 2 N–H and O–H groups in total. The van der Waals surface area contributed by atoms with Crippen LogP contribution in [0.5, 0.6) is 0 Å². The molecule has 3 rings (SSSR count). The van der Waals surface area contributed by atoms with Gasteiger partial charge in [-0.05, 0) is 34.9 Å². The fourth-order valence-electron chi connectivity index (χ4n) is 2.32. The van der Waals surface area contributed by atoms with Gasteiger partial charge in [-0.1, -0.05) is 50.1 Å². The molecule has 1 aliphatic heterocycles. The third-order valence-corrected chi connectivity index (χ3v) is 4.51. The van der Waals surface area contributed by atoms with E-state index in [0.29, 0.717) is 6.42 Å². The fraction of sp³-hybridized carbons (Fsp3) is 0.133. The first-order valence-corrected chi connectivity index (χ1v) is 7.69. The summed E-state index contributed by atoms with van der Waals surface area (Å²) in [5.74, 6) is -0.00328. The molecule has 0 radical (unpaired) electrons. The smallest absolute Gasteiger partial charge is 0.228 e. The van der Waals surface area contributed by atoms with Crippen molar-refractivity contribution in [1.29, 1.82) is 0 Å². The lowest BCUT2D eigenvalue weighted by molar-refractivity contribution is -0.115. The number of aliphatic hydroxyl groups is 1. The van der Waals surface area contributed by atoms with Crippen LogP contribution in [-0.4, -0.2) is 11.0 Å². The minimum atomic E-state index is -0.724. The Labute approximate surface area is 133 Å². The third-order valence-electron chi connectivity index (χ3n) is 3.33.